The first-order chi connectivity index (χ1) is 11.7. The second-order valence-electron chi connectivity index (χ2n) is 6.27. The zero-order valence-electron chi connectivity index (χ0n) is 13.9. The van der Waals surface area contributed by atoms with E-state index in [1.807, 2.05) is 0 Å². The van der Waals surface area contributed by atoms with Crippen molar-refractivity contribution in [3.05, 3.63) is 57.6 Å². The first-order valence-corrected chi connectivity index (χ1v) is 9.00. The van der Waals surface area contributed by atoms with Crippen molar-refractivity contribution in [1.82, 2.24) is 10.2 Å². The molecule has 0 amide bonds. The summed E-state index contributed by atoms with van der Waals surface area (Å²) in [6.07, 6.45) is 1.30. The van der Waals surface area contributed by atoms with Gasteiger partial charge in [0.05, 0.1) is 20.4 Å². The van der Waals surface area contributed by atoms with Crippen LogP contribution in [0.3, 0.4) is 0 Å². The Bertz CT molecular complexity index is 748. The number of hydrogen-bond acceptors (Lipinski definition) is 4. The molecular weight excluding hydrogens is 368 g/mol. The average molecular weight is 389 g/mol. The molecule has 5 heteroatoms. The molecule has 0 radical (unpaired) electrons. The Labute approximate surface area is 150 Å². The van der Waals surface area contributed by atoms with Crippen molar-refractivity contribution < 1.29 is 9.47 Å². The van der Waals surface area contributed by atoms with Gasteiger partial charge in [0.15, 0.2) is 11.5 Å². The molecule has 1 N–H and O–H groups in total. The molecular formula is C19H21BrN2O2. The Kier molecular flexibility index (Phi) is 4.24. The maximum absolute atomic E-state index is 5.51. The molecule has 0 bridgehead atoms. The van der Waals surface area contributed by atoms with Crippen LogP contribution < -0.4 is 14.8 Å². The van der Waals surface area contributed by atoms with Gasteiger partial charge in [0, 0.05) is 23.6 Å². The maximum Gasteiger partial charge on any atom is 0.161 e. The van der Waals surface area contributed by atoms with Crippen molar-refractivity contribution in [2.24, 2.45) is 0 Å². The topological polar surface area (TPSA) is 33.7 Å². The maximum atomic E-state index is 5.51. The van der Waals surface area contributed by atoms with E-state index in [-0.39, 0.29) is 6.17 Å². The van der Waals surface area contributed by atoms with Crippen molar-refractivity contribution in [3.63, 3.8) is 0 Å². The number of rotatable bonds is 3. The summed E-state index contributed by atoms with van der Waals surface area (Å²) in [4.78, 5) is 2.55. The van der Waals surface area contributed by atoms with E-state index in [0.717, 1.165) is 35.5 Å². The van der Waals surface area contributed by atoms with Gasteiger partial charge >= 0.3 is 0 Å². The van der Waals surface area contributed by atoms with E-state index in [0.29, 0.717) is 6.04 Å². The smallest absolute Gasteiger partial charge is 0.161 e. The SMILES string of the molecule is COc1cc2c(cc1OC)[C@H]1CN[C@@H](c3ccc(Br)cc3)N1CC2. The minimum Gasteiger partial charge on any atom is -0.493 e. The monoisotopic (exact) mass is 388 g/mol. The van der Waals surface area contributed by atoms with Crippen LogP contribution in [0.5, 0.6) is 11.5 Å². The van der Waals surface area contributed by atoms with Crippen LogP contribution in [0.2, 0.25) is 0 Å². The standard InChI is InChI=1S/C19H21BrN2O2/c1-23-17-9-13-7-8-22-16(15(13)10-18(17)24-2)11-21-19(22)12-3-5-14(20)6-4-12/h3-6,9-10,16,19,21H,7-8,11H2,1-2H3/t16-,19-/m1/s1. The number of nitrogens with zero attached hydrogens (tertiary/aromatic N) is 1. The van der Waals surface area contributed by atoms with Gasteiger partial charge in [-0.1, -0.05) is 28.1 Å². The fourth-order valence-electron chi connectivity index (χ4n) is 3.88. The van der Waals surface area contributed by atoms with Crippen LogP contribution in [0, 0.1) is 0 Å². The van der Waals surface area contributed by atoms with E-state index in [1.165, 1.54) is 16.7 Å². The first-order valence-electron chi connectivity index (χ1n) is 8.20. The Morgan fingerprint density at radius 2 is 1.79 bits per heavy atom. The van der Waals surface area contributed by atoms with Crippen LogP contribution >= 0.6 is 15.9 Å². The average Bonchev–Trinajstić information content (AvgIpc) is 3.05. The molecule has 126 valence electrons. The summed E-state index contributed by atoms with van der Waals surface area (Å²) in [6.45, 7) is 1.99. The lowest BCUT2D eigenvalue weighted by molar-refractivity contribution is 0.180. The molecule has 2 aromatic carbocycles. The van der Waals surface area contributed by atoms with Gasteiger partial charge < -0.3 is 9.47 Å². The number of hydrogen-bond donors (Lipinski definition) is 1. The predicted octanol–water partition coefficient (Wildman–Crippen LogP) is 3.67. The molecule has 0 spiro atoms. The number of methoxy groups -OCH3 is 2. The fourth-order valence-corrected chi connectivity index (χ4v) is 4.14. The van der Waals surface area contributed by atoms with Crippen LogP contribution in [0.25, 0.3) is 0 Å². The van der Waals surface area contributed by atoms with Crippen molar-refractivity contribution in [2.75, 3.05) is 27.3 Å². The lowest BCUT2D eigenvalue weighted by Crippen LogP contribution is -2.34. The third kappa shape index (κ3) is 2.61. The molecule has 2 atom stereocenters. The van der Waals surface area contributed by atoms with E-state index in [2.05, 4.69) is 62.5 Å². The molecule has 2 heterocycles. The van der Waals surface area contributed by atoms with Crippen molar-refractivity contribution in [1.29, 1.82) is 0 Å². The highest BCUT2D eigenvalue weighted by atomic mass is 79.9. The highest BCUT2D eigenvalue weighted by Gasteiger charge is 2.38. The van der Waals surface area contributed by atoms with Crippen LogP contribution in [0.15, 0.2) is 40.9 Å². The zero-order chi connectivity index (χ0) is 16.7. The first kappa shape index (κ1) is 15.9. The van der Waals surface area contributed by atoms with Gasteiger partial charge in [-0.15, -0.1) is 0 Å². The molecule has 0 unspecified atom stereocenters. The van der Waals surface area contributed by atoms with Crippen LogP contribution in [-0.4, -0.2) is 32.2 Å². The molecule has 0 saturated carbocycles. The van der Waals surface area contributed by atoms with Crippen molar-refractivity contribution in [3.8, 4) is 11.5 Å². The highest BCUT2D eigenvalue weighted by Crippen LogP contribution is 2.43. The molecule has 2 aromatic rings. The molecule has 2 aliphatic heterocycles. The normalized spacial score (nSPS) is 22.8. The van der Waals surface area contributed by atoms with E-state index < -0.39 is 0 Å². The molecule has 2 aliphatic rings. The minimum atomic E-state index is 0.268. The van der Waals surface area contributed by atoms with Crippen LogP contribution in [-0.2, 0) is 6.42 Å². The Balaban J connectivity index is 1.67. The van der Waals surface area contributed by atoms with E-state index in [9.17, 15) is 0 Å². The second kappa shape index (κ2) is 6.39. The van der Waals surface area contributed by atoms with Gasteiger partial charge in [-0.25, -0.2) is 0 Å². The van der Waals surface area contributed by atoms with Gasteiger partial charge in [0.25, 0.3) is 0 Å². The number of benzene rings is 2. The summed E-state index contributed by atoms with van der Waals surface area (Å²) in [7, 11) is 3.39. The molecule has 24 heavy (non-hydrogen) atoms. The number of fused-ring (bicyclic) bond motifs is 3. The summed E-state index contributed by atoms with van der Waals surface area (Å²) in [5.41, 5.74) is 4.03. The summed E-state index contributed by atoms with van der Waals surface area (Å²) in [6, 6.07) is 13.3. The van der Waals surface area contributed by atoms with Gasteiger partial charge in [0.2, 0.25) is 0 Å². The summed E-state index contributed by atoms with van der Waals surface area (Å²) >= 11 is 3.51. The van der Waals surface area contributed by atoms with E-state index >= 15 is 0 Å². The number of ether oxygens (including phenoxy) is 2. The van der Waals surface area contributed by atoms with Crippen molar-refractivity contribution in [2.45, 2.75) is 18.6 Å². The molecule has 0 aromatic heterocycles. The van der Waals surface area contributed by atoms with Crippen LogP contribution in [0.1, 0.15) is 28.9 Å². The quantitative estimate of drug-likeness (QED) is 0.869. The predicted molar refractivity (Wildman–Crippen MR) is 97.6 cm³/mol. The zero-order valence-corrected chi connectivity index (χ0v) is 15.5. The van der Waals surface area contributed by atoms with Gasteiger partial charge in [-0.3, -0.25) is 10.2 Å². The summed E-state index contributed by atoms with van der Waals surface area (Å²) in [5.74, 6) is 1.63. The Hall–Kier alpha value is -1.56. The minimum absolute atomic E-state index is 0.268. The van der Waals surface area contributed by atoms with E-state index in [1.54, 1.807) is 14.2 Å². The molecule has 4 rings (SSSR count). The Morgan fingerprint density at radius 3 is 2.50 bits per heavy atom. The summed E-state index contributed by atoms with van der Waals surface area (Å²) < 4.78 is 12.1. The molecule has 1 saturated heterocycles. The number of nitrogens with one attached hydrogen (secondary N) is 1. The van der Waals surface area contributed by atoms with Crippen molar-refractivity contribution >= 4 is 15.9 Å². The second-order valence-corrected chi connectivity index (χ2v) is 7.19. The lowest BCUT2D eigenvalue weighted by Gasteiger charge is -2.35. The third-order valence-corrected chi connectivity index (χ3v) is 5.59. The molecule has 1 fully saturated rings. The molecule has 0 aliphatic carbocycles. The summed E-state index contributed by atoms with van der Waals surface area (Å²) in [5, 5.41) is 3.68. The van der Waals surface area contributed by atoms with Gasteiger partial charge in [-0.2, -0.15) is 0 Å². The van der Waals surface area contributed by atoms with Gasteiger partial charge in [-0.05, 0) is 47.4 Å². The fraction of sp³-hybridized carbons (Fsp3) is 0.368. The van der Waals surface area contributed by atoms with Crippen LogP contribution in [0.4, 0.5) is 0 Å². The lowest BCUT2D eigenvalue weighted by atomic mass is 9.92. The Morgan fingerprint density at radius 1 is 1.08 bits per heavy atom. The largest absolute Gasteiger partial charge is 0.493 e. The van der Waals surface area contributed by atoms with E-state index in [4.69, 9.17) is 9.47 Å². The molecule has 4 nitrogen and oxygen atoms in total. The van der Waals surface area contributed by atoms with Gasteiger partial charge in [0.1, 0.15) is 0 Å². The number of halogens is 1. The highest BCUT2D eigenvalue weighted by molar-refractivity contribution is 9.10. The third-order valence-electron chi connectivity index (χ3n) is 5.07.